The maximum atomic E-state index is 13.8. The van der Waals surface area contributed by atoms with Gasteiger partial charge in [0.2, 0.25) is 0 Å². The van der Waals surface area contributed by atoms with Crippen LogP contribution in [0.2, 0.25) is 0 Å². The Morgan fingerprint density at radius 1 is 0.966 bits per heavy atom. The van der Waals surface area contributed by atoms with Gasteiger partial charge in [-0.15, -0.1) is 0 Å². The van der Waals surface area contributed by atoms with Crippen LogP contribution in [0.15, 0.2) is 78.9 Å². The number of methoxy groups -OCH3 is 1. The number of amides is 1. The van der Waals surface area contributed by atoms with Crippen LogP contribution < -0.4 is 4.90 Å². The third-order valence-corrected chi connectivity index (χ3v) is 4.14. The highest BCUT2D eigenvalue weighted by Gasteiger charge is 2.16. The van der Waals surface area contributed by atoms with Crippen LogP contribution in [-0.2, 0) is 16.1 Å². The fraction of sp³-hybridized carbons (Fsp3) is 0.0833. The van der Waals surface area contributed by atoms with Gasteiger partial charge in [0.15, 0.2) is 0 Å². The number of benzene rings is 3. The average molecular weight is 387 g/mol. The first-order chi connectivity index (χ1) is 14.1. The number of esters is 1. The molecule has 1 amide bonds. The van der Waals surface area contributed by atoms with Gasteiger partial charge < -0.3 is 4.74 Å². The molecule has 0 aliphatic heterocycles. The Labute approximate surface area is 168 Å². The molecular weight excluding hydrogens is 369 g/mol. The van der Waals surface area contributed by atoms with Crippen molar-refractivity contribution in [2.24, 2.45) is 0 Å². The summed E-state index contributed by atoms with van der Waals surface area (Å²) in [5.41, 5.74) is 2.13. The Bertz CT molecular complexity index is 1080. The van der Waals surface area contributed by atoms with Gasteiger partial charge >= 0.3 is 11.9 Å². The van der Waals surface area contributed by atoms with E-state index in [9.17, 15) is 14.0 Å². The normalized spacial score (nSPS) is 9.86. The molecule has 4 nitrogen and oxygen atoms in total. The second-order valence-corrected chi connectivity index (χ2v) is 6.18. The highest BCUT2D eigenvalue weighted by Crippen LogP contribution is 2.19. The topological polar surface area (TPSA) is 46.6 Å². The van der Waals surface area contributed by atoms with Crippen molar-refractivity contribution in [2.45, 2.75) is 6.54 Å². The van der Waals surface area contributed by atoms with Gasteiger partial charge in [-0.05, 0) is 48.0 Å². The summed E-state index contributed by atoms with van der Waals surface area (Å²) in [5.74, 6) is 4.02. The van der Waals surface area contributed by atoms with Crippen molar-refractivity contribution in [1.29, 1.82) is 0 Å². The first-order valence-corrected chi connectivity index (χ1v) is 8.88. The predicted molar refractivity (Wildman–Crippen MR) is 109 cm³/mol. The van der Waals surface area contributed by atoms with Gasteiger partial charge in [-0.2, -0.15) is 0 Å². The van der Waals surface area contributed by atoms with Crippen LogP contribution in [0.25, 0.3) is 0 Å². The fourth-order valence-electron chi connectivity index (χ4n) is 2.74. The maximum absolute atomic E-state index is 13.8. The first-order valence-electron chi connectivity index (χ1n) is 8.88. The van der Waals surface area contributed by atoms with E-state index in [1.807, 2.05) is 18.2 Å². The highest BCUT2D eigenvalue weighted by atomic mass is 19.1. The van der Waals surface area contributed by atoms with Crippen molar-refractivity contribution in [3.63, 3.8) is 0 Å². The number of carbonyl (C=O) groups excluding carboxylic acids is 2. The van der Waals surface area contributed by atoms with Crippen LogP contribution in [-0.4, -0.2) is 19.0 Å². The molecule has 3 aromatic carbocycles. The number of hydrogen-bond acceptors (Lipinski definition) is 3. The highest BCUT2D eigenvalue weighted by molar-refractivity contribution is 6.06. The number of ether oxygens (including phenoxy) is 1. The van der Waals surface area contributed by atoms with Gasteiger partial charge in [0.25, 0.3) is 0 Å². The van der Waals surface area contributed by atoms with Gasteiger partial charge in [0.05, 0.1) is 19.2 Å². The zero-order valence-electron chi connectivity index (χ0n) is 15.8. The van der Waals surface area contributed by atoms with Crippen LogP contribution in [0.5, 0.6) is 0 Å². The number of carbonyl (C=O) groups is 2. The Hall–Kier alpha value is -3.91. The minimum atomic E-state index is -0.483. The van der Waals surface area contributed by atoms with Crippen LogP contribution in [0, 0.1) is 17.7 Å². The summed E-state index contributed by atoms with van der Waals surface area (Å²) >= 11 is 0. The molecule has 0 aliphatic rings. The maximum Gasteiger partial charge on any atom is 0.337 e. The van der Waals surface area contributed by atoms with E-state index in [0.29, 0.717) is 22.4 Å². The van der Waals surface area contributed by atoms with Gasteiger partial charge in [-0.1, -0.05) is 42.3 Å². The largest absolute Gasteiger partial charge is 0.465 e. The molecule has 0 unspecified atom stereocenters. The second-order valence-electron chi connectivity index (χ2n) is 6.18. The monoisotopic (exact) mass is 387 g/mol. The SMILES string of the molecule is COC(=O)c1cccc(CN(C(=O)C#Cc2ccccc2)c2cccc(F)c2)c1. The Balaban J connectivity index is 1.93. The van der Waals surface area contributed by atoms with E-state index in [2.05, 4.69) is 11.8 Å². The van der Waals surface area contributed by atoms with Crippen molar-refractivity contribution in [3.05, 3.63) is 101 Å². The smallest absolute Gasteiger partial charge is 0.337 e. The standard InChI is InChI=1S/C24H18FNO3/c1-29-24(28)20-10-5-9-19(15-20)17-26(22-12-6-11-21(25)16-22)23(27)14-13-18-7-3-2-4-8-18/h2-12,15-16H,17H2,1H3. The molecule has 0 N–H and O–H groups in total. The molecule has 3 aromatic rings. The van der Waals surface area contributed by atoms with Crippen molar-refractivity contribution in [2.75, 3.05) is 12.0 Å². The zero-order valence-corrected chi connectivity index (χ0v) is 15.8. The molecule has 29 heavy (non-hydrogen) atoms. The molecule has 0 saturated carbocycles. The van der Waals surface area contributed by atoms with Crippen molar-refractivity contribution < 1.29 is 18.7 Å². The number of halogens is 1. The third-order valence-electron chi connectivity index (χ3n) is 4.14. The molecule has 0 saturated heterocycles. The lowest BCUT2D eigenvalue weighted by Crippen LogP contribution is -2.29. The van der Waals surface area contributed by atoms with Crippen LogP contribution >= 0.6 is 0 Å². The minimum Gasteiger partial charge on any atom is -0.465 e. The van der Waals surface area contributed by atoms with Gasteiger partial charge in [0, 0.05) is 17.2 Å². The third kappa shape index (κ3) is 5.30. The summed E-state index contributed by atoms with van der Waals surface area (Å²) in [7, 11) is 1.30. The molecular formula is C24H18FNO3. The first kappa shape index (κ1) is 19.8. The lowest BCUT2D eigenvalue weighted by atomic mass is 10.1. The quantitative estimate of drug-likeness (QED) is 0.498. The summed E-state index contributed by atoms with van der Waals surface area (Å²) < 4.78 is 18.5. The molecule has 0 aliphatic carbocycles. The molecule has 144 valence electrons. The molecule has 3 rings (SSSR count). The molecule has 0 radical (unpaired) electrons. The van der Waals surface area contributed by atoms with Gasteiger partial charge in [-0.25, -0.2) is 9.18 Å². The number of rotatable bonds is 4. The molecule has 0 fully saturated rings. The fourth-order valence-corrected chi connectivity index (χ4v) is 2.74. The Morgan fingerprint density at radius 3 is 2.45 bits per heavy atom. The number of anilines is 1. The average Bonchev–Trinajstić information content (AvgIpc) is 2.76. The van der Waals surface area contributed by atoms with E-state index in [1.54, 1.807) is 42.5 Å². The number of hydrogen-bond donors (Lipinski definition) is 0. The van der Waals surface area contributed by atoms with E-state index in [4.69, 9.17) is 4.74 Å². The molecule has 0 spiro atoms. The molecule has 0 aromatic heterocycles. The van der Waals surface area contributed by atoms with Crippen molar-refractivity contribution in [3.8, 4) is 11.8 Å². The van der Waals surface area contributed by atoms with Gasteiger partial charge in [-0.3, -0.25) is 9.69 Å². The Kier molecular flexibility index (Phi) is 6.39. The summed E-state index contributed by atoms with van der Waals surface area (Å²) in [4.78, 5) is 26.0. The van der Waals surface area contributed by atoms with Crippen LogP contribution in [0.4, 0.5) is 10.1 Å². The summed E-state index contributed by atoms with van der Waals surface area (Å²) in [6.07, 6.45) is 0. The van der Waals surface area contributed by atoms with E-state index >= 15 is 0 Å². The minimum absolute atomic E-state index is 0.122. The second kappa shape index (κ2) is 9.34. The lowest BCUT2D eigenvalue weighted by Gasteiger charge is -2.21. The van der Waals surface area contributed by atoms with Crippen molar-refractivity contribution in [1.82, 2.24) is 0 Å². The van der Waals surface area contributed by atoms with E-state index in [0.717, 1.165) is 0 Å². The summed E-state index contributed by atoms with van der Waals surface area (Å²) in [6.45, 7) is 0.122. The van der Waals surface area contributed by atoms with Crippen molar-refractivity contribution >= 4 is 17.6 Å². The number of nitrogens with zero attached hydrogens (tertiary/aromatic N) is 1. The van der Waals surface area contributed by atoms with E-state index < -0.39 is 17.7 Å². The summed E-state index contributed by atoms with van der Waals surface area (Å²) in [6, 6.07) is 21.6. The molecule has 5 heteroatoms. The van der Waals surface area contributed by atoms with Crippen LogP contribution in [0.3, 0.4) is 0 Å². The van der Waals surface area contributed by atoms with Gasteiger partial charge in [0.1, 0.15) is 5.82 Å². The lowest BCUT2D eigenvalue weighted by molar-refractivity contribution is -0.113. The van der Waals surface area contributed by atoms with E-state index in [1.165, 1.54) is 30.2 Å². The molecule has 0 heterocycles. The zero-order chi connectivity index (χ0) is 20.6. The predicted octanol–water partition coefficient (Wildman–Crippen LogP) is 4.20. The Morgan fingerprint density at radius 2 is 1.72 bits per heavy atom. The molecule has 0 bridgehead atoms. The van der Waals surface area contributed by atoms with E-state index in [-0.39, 0.29) is 6.54 Å². The van der Waals surface area contributed by atoms with Crippen LogP contribution in [0.1, 0.15) is 21.5 Å². The molecule has 0 atom stereocenters. The summed E-state index contributed by atoms with van der Waals surface area (Å²) in [5, 5.41) is 0.